The maximum Gasteiger partial charge on any atom is 0.0887 e. The number of aryl methyl sites for hydroxylation is 1. The van der Waals surface area contributed by atoms with Crippen LogP contribution in [-0.2, 0) is 6.42 Å². The average molecular weight is 146 g/mol. The molecule has 0 aromatic heterocycles. The van der Waals surface area contributed by atoms with Crippen LogP contribution in [0.15, 0.2) is 28.4 Å². The van der Waals surface area contributed by atoms with Gasteiger partial charge >= 0.3 is 0 Å². The minimum absolute atomic E-state index is 0.843. The zero-order valence-electron chi connectivity index (χ0n) is 6.54. The number of nitrogens with zero attached hydrogens (tertiary/aromatic N) is 2. The molecule has 1 heterocycles. The summed E-state index contributed by atoms with van der Waals surface area (Å²) in [6.07, 6.45) is 1.04. The van der Waals surface area contributed by atoms with Gasteiger partial charge < -0.3 is 0 Å². The van der Waals surface area contributed by atoms with Crippen LogP contribution in [0.2, 0.25) is 0 Å². The summed E-state index contributed by atoms with van der Waals surface area (Å²) in [6.45, 7) is 2.92. The van der Waals surface area contributed by atoms with Crippen molar-refractivity contribution in [2.24, 2.45) is 10.2 Å². The smallest absolute Gasteiger partial charge is 0.0887 e. The Hall–Kier alpha value is -1.18. The SMILES string of the molecule is Cc1ccc2c(c1)N=NCC2. The van der Waals surface area contributed by atoms with Gasteiger partial charge in [0, 0.05) is 0 Å². The summed E-state index contributed by atoms with van der Waals surface area (Å²) in [7, 11) is 0. The second-order valence-electron chi connectivity index (χ2n) is 2.85. The fraction of sp³-hybridized carbons (Fsp3) is 0.333. The van der Waals surface area contributed by atoms with Crippen molar-refractivity contribution in [3.05, 3.63) is 29.3 Å². The van der Waals surface area contributed by atoms with E-state index >= 15 is 0 Å². The third-order valence-electron chi connectivity index (χ3n) is 1.90. The van der Waals surface area contributed by atoms with Crippen molar-refractivity contribution in [1.29, 1.82) is 0 Å². The van der Waals surface area contributed by atoms with E-state index in [4.69, 9.17) is 0 Å². The quantitative estimate of drug-likeness (QED) is 0.537. The molecule has 56 valence electrons. The Morgan fingerprint density at radius 3 is 3.18 bits per heavy atom. The van der Waals surface area contributed by atoms with Gasteiger partial charge in [0.25, 0.3) is 0 Å². The molecule has 1 aromatic rings. The van der Waals surface area contributed by atoms with E-state index in [2.05, 4.69) is 35.4 Å². The van der Waals surface area contributed by atoms with Crippen LogP contribution in [0.1, 0.15) is 11.1 Å². The van der Waals surface area contributed by atoms with Crippen LogP contribution in [0.4, 0.5) is 5.69 Å². The summed E-state index contributed by atoms with van der Waals surface area (Å²) in [6, 6.07) is 6.35. The van der Waals surface area contributed by atoms with Crippen molar-refractivity contribution >= 4 is 5.69 Å². The van der Waals surface area contributed by atoms with Crippen LogP contribution in [-0.4, -0.2) is 6.54 Å². The highest BCUT2D eigenvalue weighted by Gasteiger charge is 2.04. The molecule has 1 aliphatic heterocycles. The first-order valence-electron chi connectivity index (χ1n) is 3.83. The fourth-order valence-corrected chi connectivity index (χ4v) is 1.28. The Labute approximate surface area is 66.0 Å². The van der Waals surface area contributed by atoms with Crippen LogP contribution < -0.4 is 0 Å². The van der Waals surface area contributed by atoms with Crippen molar-refractivity contribution in [3.8, 4) is 0 Å². The Morgan fingerprint density at radius 1 is 1.36 bits per heavy atom. The van der Waals surface area contributed by atoms with Gasteiger partial charge in [0.2, 0.25) is 0 Å². The lowest BCUT2D eigenvalue weighted by Crippen LogP contribution is -1.94. The molecule has 2 rings (SSSR count). The molecule has 0 N–H and O–H groups in total. The molecular formula is C9H10N2. The number of hydrogen-bond acceptors (Lipinski definition) is 2. The molecule has 0 radical (unpaired) electrons. The van der Waals surface area contributed by atoms with E-state index in [9.17, 15) is 0 Å². The Morgan fingerprint density at radius 2 is 2.27 bits per heavy atom. The van der Waals surface area contributed by atoms with Crippen molar-refractivity contribution in [2.45, 2.75) is 13.3 Å². The largest absolute Gasteiger partial charge is 0.188 e. The molecule has 0 unspecified atom stereocenters. The number of fused-ring (bicyclic) bond motifs is 1. The van der Waals surface area contributed by atoms with Crippen molar-refractivity contribution in [1.82, 2.24) is 0 Å². The lowest BCUT2D eigenvalue weighted by molar-refractivity contribution is 0.862. The molecule has 2 heteroatoms. The maximum atomic E-state index is 4.08. The van der Waals surface area contributed by atoms with E-state index in [1.54, 1.807) is 0 Å². The van der Waals surface area contributed by atoms with Gasteiger partial charge in [-0.2, -0.15) is 10.2 Å². The zero-order valence-corrected chi connectivity index (χ0v) is 6.54. The number of rotatable bonds is 0. The van der Waals surface area contributed by atoms with E-state index in [0.717, 1.165) is 18.7 Å². The van der Waals surface area contributed by atoms with E-state index in [-0.39, 0.29) is 0 Å². The predicted molar refractivity (Wildman–Crippen MR) is 44.3 cm³/mol. The fourth-order valence-electron chi connectivity index (χ4n) is 1.28. The maximum absolute atomic E-state index is 4.08. The second-order valence-corrected chi connectivity index (χ2v) is 2.85. The Balaban J connectivity index is 2.54. The summed E-state index contributed by atoms with van der Waals surface area (Å²) in [5.74, 6) is 0. The molecular weight excluding hydrogens is 136 g/mol. The third kappa shape index (κ3) is 1.16. The van der Waals surface area contributed by atoms with Gasteiger partial charge in [-0.3, -0.25) is 0 Å². The van der Waals surface area contributed by atoms with Gasteiger partial charge in [0.1, 0.15) is 0 Å². The first-order valence-corrected chi connectivity index (χ1v) is 3.83. The molecule has 0 spiro atoms. The minimum atomic E-state index is 0.843. The van der Waals surface area contributed by atoms with Crippen LogP contribution in [0, 0.1) is 6.92 Å². The molecule has 0 atom stereocenters. The molecule has 0 saturated heterocycles. The van der Waals surface area contributed by atoms with E-state index < -0.39 is 0 Å². The van der Waals surface area contributed by atoms with Crippen LogP contribution in [0.5, 0.6) is 0 Å². The highest BCUT2D eigenvalue weighted by atomic mass is 15.1. The van der Waals surface area contributed by atoms with E-state index in [0.29, 0.717) is 0 Å². The highest BCUT2D eigenvalue weighted by molar-refractivity contribution is 5.48. The van der Waals surface area contributed by atoms with Crippen LogP contribution in [0.25, 0.3) is 0 Å². The lowest BCUT2D eigenvalue weighted by Gasteiger charge is -2.07. The molecule has 2 nitrogen and oxygen atoms in total. The van der Waals surface area contributed by atoms with Crippen LogP contribution in [0.3, 0.4) is 0 Å². The zero-order chi connectivity index (χ0) is 7.68. The van der Waals surface area contributed by atoms with E-state index in [1.807, 2.05) is 0 Å². The number of benzene rings is 1. The summed E-state index contributed by atoms with van der Waals surface area (Å²) in [5.41, 5.74) is 3.63. The van der Waals surface area contributed by atoms with E-state index in [1.165, 1.54) is 11.1 Å². The predicted octanol–water partition coefficient (Wildman–Crippen LogP) is 2.63. The van der Waals surface area contributed by atoms with Crippen molar-refractivity contribution in [2.75, 3.05) is 6.54 Å². The van der Waals surface area contributed by atoms with Gasteiger partial charge in [0.05, 0.1) is 12.2 Å². The first-order chi connectivity index (χ1) is 5.36. The molecule has 0 saturated carbocycles. The molecule has 0 amide bonds. The van der Waals surface area contributed by atoms with Crippen LogP contribution >= 0.6 is 0 Å². The lowest BCUT2D eigenvalue weighted by atomic mass is 10.1. The summed E-state index contributed by atoms with van der Waals surface area (Å²) < 4.78 is 0. The highest BCUT2D eigenvalue weighted by Crippen LogP contribution is 2.24. The molecule has 11 heavy (non-hydrogen) atoms. The third-order valence-corrected chi connectivity index (χ3v) is 1.90. The molecule has 1 aromatic carbocycles. The normalized spacial score (nSPS) is 14.6. The Kier molecular flexibility index (Phi) is 1.46. The molecule has 0 aliphatic carbocycles. The second kappa shape index (κ2) is 2.46. The Bertz CT molecular complexity index is 302. The monoisotopic (exact) mass is 146 g/mol. The number of hydrogen-bond donors (Lipinski definition) is 0. The van der Waals surface area contributed by atoms with Gasteiger partial charge in [-0.15, -0.1) is 0 Å². The minimum Gasteiger partial charge on any atom is -0.188 e. The van der Waals surface area contributed by atoms with Crippen molar-refractivity contribution in [3.63, 3.8) is 0 Å². The standard InChI is InChI=1S/C9H10N2/c1-7-2-3-8-4-5-10-11-9(8)6-7/h2-3,6H,4-5H2,1H3. The topological polar surface area (TPSA) is 24.7 Å². The van der Waals surface area contributed by atoms with Gasteiger partial charge in [-0.05, 0) is 30.5 Å². The van der Waals surface area contributed by atoms with Gasteiger partial charge in [-0.1, -0.05) is 12.1 Å². The first kappa shape index (κ1) is 6.53. The summed E-state index contributed by atoms with van der Waals surface area (Å²) in [4.78, 5) is 0. The molecule has 0 fully saturated rings. The molecule has 1 aliphatic rings. The average Bonchev–Trinajstić information content (AvgIpc) is 2.04. The van der Waals surface area contributed by atoms with Crippen molar-refractivity contribution < 1.29 is 0 Å². The summed E-state index contributed by atoms with van der Waals surface area (Å²) in [5, 5.41) is 8.06. The van der Waals surface area contributed by atoms with Gasteiger partial charge in [0.15, 0.2) is 0 Å². The number of azo groups is 1. The summed E-state index contributed by atoms with van der Waals surface area (Å²) >= 11 is 0. The van der Waals surface area contributed by atoms with Gasteiger partial charge in [-0.25, -0.2) is 0 Å². The molecule has 0 bridgehead atoms.